The molecule has 178 valence electrons. The van der Waals surface area contributed by atoms with Crippen LogP contribution >= 0.6 is 0 Å². The number of benzene rings is 2. The van der Waals surface area contributed by atoms with Crippen LogP contribution in [0.15, 0.2) is 65.8 Å². The summed E-state index contributed by atoms with van der Waals surface area (Å²) < 4.78 is 14.3. The zero-order chi connectivity index (χ0) is 25.3. The van der Waals surface area contributed by atoms with Gasteiger partial charge in [0.15, 0.2) is 0 Å². The molecular weight excluding hydrogens is 429 g/mol. The van der Waals surface area contributed by atoms with Crippen LogP contribution in [0.3, 0.4) is 0 Å². The third kappa shape index (κ3) is 6.79. The minimum Gasteiger partial charge on any atom is -0.404 e. The van der Waals surface area contributed by atoms with Crippen molar-refractivity contribution in [2.24, 2.45) is 16.5 Å². The molecule has 34 heavy (non-hydrogen) atoms. The Labute approximate surface area is 200 Å². The van der Waals surface area contributed by atoms with E-state index in [0.717, 1.165) is 17.5 Å². The van der Waals surface area contributed by atoms with Crippen molar-refractivity contribution in [2.75, 3.05) is 0 Å². The van der Waals surface area contributed by atoms with E-state index >= 15 is 0 Å². The lowest BCUT2D eigenvalue weighted by Gasteiger charge is -2.16. The van der Waals surface area contributed by atoms with E-state index in [4.69, 9.17) is 11.5 Å². The number of nitrogens with one attached hydrogen (secondary N) is 1. The molecule has 0 aliphatic rings. The number of nitrogens with two attached hydrogens (primary N) is 2. The highest BCUT2D eigenvalue weighted by atomic mass is 19.1. The van der Waals surface area contributed by atoms with Crippen LogP contribution in [0.25, 0.3) is 5.70 Å². The quantitative estimate of drug-likeness (QED) is 0.358. The van der Waals surface area contributed by atoms with Crippen LogP contribution in [0.5, 0.6) is 0 Å². The van der Waals surface area contributed by atoms with Gasteiger partial charge in [0.2, 0.25) is 0 Å². The summed E-state index contributed by atoms with van der Waals surface area (Å²) in [4.78, 5) is 17.5. The molecule has 0 bridgehead atoms. The maximum absolute atomic E-state index is 14.3. The fourth-order valence-electron chi connectivity index (χ4n) is 3.28. The Hall–Kier alpha value is -3.92. The van der Waals surface area contributed by atoms with Gasteiger partial charge in [-0.25, -0.2) is 4.39 Å². The van der Waals surface area contributed by atoms with Crippen molar-refractivity contribution in [3.63, 3.8) is 0 Å². The molecule has 0 saturated heterocycles. The largest absolute Gasteiger partial charge is 0.404 e. The zero-order valence-electron chi connectivity index (χ0n) is 20.0. The predicted molar refractivity (Wildman–Crippen MR) is 135 cm³/mol. The van der Waals surface area contributed by atoms with E-state index < -0.39 is 17.1 Å². The average molecular weight is 462 g/mol. The van der Waals surface area contributed by atoms with E-state index in [1.807, 2.05) is 45.0 Å². The maximum atomic E-state index is 14.3. The van der Waals surface area contributed by atoms with E-state index in [1.165, 1.54) is 12.3 Å². The van der Waals surface area contributed by atoms with Crippen LogP contribution in [0.2, 0.25) is 0 Å². The van der Waals surface area contributed by atoms with E-state index in [-0.39, 0.29) is 17.8 Å². The van der Waals surface area contributed by atoms with Gasteiger partial charge in [-0.3, -0.25) is 9.79 Å². The summed E-state index contributed by atoms with van der Waals surface area (Å²) >= 11 is 0. The van der Waals surface area contributed by atoms with Crippen LogP contribution < -0.4 is 16.8 Å². The first-order chi connectivity index (χ1) is 16.1. The molecule has 5 N–H and O–H groups in total. The molecule has 0 aliphatic heterocycles. The second-order valence-electron chi connectivity index (χ2n) is 8.54. The fourth-order valence-corrected chi connectivity index (χ4v) is 3.28. The predicted octanol–water partition coefficient (Wildman–Crippen LogP) is 4.46. The van der Waals surface area contributed by atoms with Crippen molar-refractivity contribution in [3.8, 4) is 6.07 Å². The van der Waals surface area contributed by atoms with Crippen molar-refractivity contribution < 1.29 is 9.18 Å². The first-order valence-electron chi connectivity index (χ1n) is 11.1. The van der Waals surface area contributed by atoms with E-state index in [2.05, 4.69) is 23.0 Å². The van der Waals surface area contributed by atoms with Crippen LogP contribution in [0.1, 0.15) is 55.9 Å². The molecule has 1 amide bonds. The lowest BCUT2D eigenvalue weighted by molar-refractivity contribution is -0.117. The Morgan fingerprint density at radius 3 is 2.47 bits per heavy atom. The number of carbonyl (C=O) groups is 1. The highest BCUT2D eigenvalue weighted by Gasteiger charge is 2.19. The van der Waals surface area contributed by atoms with Crippen molar-refractivity contribution in [1.29, 1.82) is 5.26 Å². The number of carbonyl (C=O) groups excluding carboxylic acids is 1. The van der Waals surface area contributed by atoms with E-state index in [9.17, 15) is 14.4 Å². The highest BCUT2D eigenvalue weighted by molar-refractivity contribution is 6.21. The topological polar surface area (TPSA) is 117 Å². The Bertz CT molecular complexity index is 1140. The second-order valence-corrected chi connectivity index (χ2v) is 8.54. The van der Waals surface area contributed by atoms with Crippen LogP contribution in [-0.2, 0) is 23.3 Å². The summed E-state index contributed by atoms with van der Waals surface area (Å²) in [5, 5.41) is 12.0. The number of hydrogen-bond acceptors (Lipinski definition) is 5. The number of halogens is 1. The van der Waals surface area contributed by atoms with Gasteiger partial charge in [0.25, 0.3) is 5.91 Å². The molecule has 0 aliphatic carbocycles. The summed E-state index contributed by atoms with van der Waals surface area (Å²) in [6, 6.07) is 14.5. The molecule has 0 saturated carbocycles. The number of hydrogen-bond donors (Lipinski definition) is 3. The van der Waals surface area contributed by atoms with Crippen LogP contribution in [0.4, 0.5) is 4.39 Å². The normalized spacial score (nSPS) is 12.2. The molecule has 0 heterocycles. The van der Waals surface area contributed by atoms with Gasteiger partial charge in [-0.15, -0.1) is 0 Å². The number of nitrogens with zero attached hydrogens (tertiary/aromatic N) is 2. The third-order valence-electron chi connectivity index (χ3n) is 5.48. The van der Waals surface area contributed by atoms with Crippen molar-refractivity contribution in [2.45, 2.75) is 52.1 Å². The Morgan fingerprint density at radius 1 is 1.26 bits per heavy atom. The number of aliphatic imine (C=N–C) groups is 1. The van der Waals surface area contributed by atoms with Crippen LogP contribution in [-0.4, -0.2) is 11.6 Å². The van der Waals surface area contributed by atoms with Gasteiger partial charge >= 0.3 is 0 Å². The third-order valence-corrected chi connectivity index (χ3v) is 5.48. The van der Waals surface area contributed by atoms with Crippen molar-refractivity contribution in [1.82, 2.24) is 5.32 Å². The summed E-state index contributed by atoms with van der Waals surface area (Å²) in [5.74, 6) is -0.902. The minimum atomic E-state index is -0.569. The first kappa shape index (κ1) is 26.3. The number of rotatable bonds is 10. The molecule has 7 heteroatoms. The molecule has 6 nitrogen and oxygen atoms in total. The molecule has 2 aromatic carbocycles. The summed E-state index contributed by atoms with van der Waals surface area (Å²) in [7, 11) is 0. The SMILES string of the molecule is C=C(N)c1ccc(CNC(=O)/C(=C/N)C(CCC)=NCc2ccc(C(C)(C)C#N)cc2)c(F)c1. The van der Waals surface area contributed by atoms with E-state index in [1.54, 1.807) is 12.1 Å². The van der Waals surface area contributed by atoms with Gasteiger partial charge in [-0.2, -0.15) is 5.26 Å². The van der Waals surface area contributed by atoms with E-state index in [0.29, 0.717) is 29.8 Å². The summed E-state index contributed by atoms with van der Waals surface area (Å²) in [6.45, 7) is 9.68. The molecule has 0 radical (unpaired) electrons. The molecular formula is C27H32FN5O. The van der Waals surface area contributed by atoms with Gasteiger partial charge in [0.1, 0.15) is 5.82 Å². The molecule has 0 atom stereocenters. The molecule has 2 rings (SSSR count). The van der Waals surface area contributed by atoms with Crippen molar-refractivity contribution >= 4 is 17.3 Å². The number of nitriles is 1. The smallest absolute Gasteiger partial charge is 0.254 e. The Kier molecular flexibility index (Phi) is 9.14. The van der Waals surface area contributed by atoms with Gasteiger partial charge < -0.3 is 16.8 Å². The summed E-state index contributed by atoms with van der Waals surface area (Å²) in [6.07, 6.45) is 2.58. The van der Waals surface area contributed by atoms with Gasteiger partial charge in [-0.05, 0) is 43.0 Å². The second kappa shape index (κ2) is 11.8. The molecule has 0 unspecified atom stereocenters. The minimum absolute atomic E-state index is 0.00508. The van der Waals surface area contributed by atoms with Crippen LogP contribution in [0, 0.1) is 17.1 Å². The summed E-state index contributed by atoms with van der Waals surface area (Å²) in [5.41, 5.74) is 14.6. The first-order valence-corrected chi connectivity index (χ1v) is 11.1. The standard InChI is InChI=1S/C27H32FN5O/c1-5-6-25(32-15-19-7-11-22(12-8-19)27(3,4)17-30)23(14-29)26(34)33-16-21-10-9-20(18(2)31)13-24(21)28/h7-14H,2,5-6,15-16,29,31H2,1,3-4H3,(H,33,34)/b23-14+,32-25?. The zero-order valence-corrected chi connectivity index (χ0v) is 20.0. The van der Waals surface area contributed by atoms with Crippen molar-refractivity contribution in [3.05, 3.63) is 88.9 Å². The lowest BCUT2D eigenvalue weighted by atomic mass is 9.86. The Balaban J connectivity index is 2.13. The highest BCUT2D eigenvalue weighted by Crippen LogP contribution is 2.22. The maximum Gasteiger partial charge on any atom is 0.254 e. The molecule has 0 spiro atoms. The molecule has 0 aromatic heterocycles. The molecule has 2 aromatic rings. The Morgan fingerprint density at radius 2 is 1.94 bits per heavy atom. The number of amides is 1. The lowest BCUT2D eigenvalue weighted by Crippen LogP contribution is -2.29. The average Bonchev–Trinajstić information content (AvgIpc) is 2.82. The monoisotopic (exact) mass is 461 g/mol. The van der Waals surface area contributed by atoms with Gasteiger partial charge in [0, 0.05) is 29.7 Å². The van der Waals surface area contributed by atoms with Gasteiger partial charge in [0.05, 0.1) is 23.6 Å². The fraction of sp³-hybridized carbons (Fsp3) is 0.296. The molecule has 0 fully saturated rings. The van der Waals surface area contributed by atoms with Gasteiger partial charge in [-0.1, -0.05) is 56.3 Å².